The molecule has 36 heavy (non-hydrogen) atoms. The van der Waals surface area contributed by atoms with Crippen LogP contribution in [-0.4, -0.2) is 44.2 Å². The number of hydrogen-bond donors (Lipinski definition) is 0. The second-order valence-corrected chi connectivity index (χ2v) is 18.6. The molecule has 1 heterocycles. The van der Waals surface area contributed by atoms with Crippen LogP contribution in [0.4, 0.5) is 4.39 Å². The lowest BCUT2D eigenvalue weighted by Crippen LogP contribution is -2.44. The normalized spacial score (nSPS) is 14.0. The Bertz CT molecular complexity index is 1150. The third kappa shape index (κ3) is 7.58. The van der Waals surface area contributed by atoms with Crippen LogP contribution in [0.2, 0.25) is 18.1 Å². The van der Waals surface area contributed by atoms with Gasteiger partial charge in [-0.15, -0.1) is 0 Å². The highest BCUT2D eigenvalue weighted by molar-refractivity contribution is 7.92. The van der Waals surface area contributed by atoms with Crippen molar-refractivity contribution in [2.24, 2.45) is 0 Å². The van der Waals surface area contributed by atoms with Gasteiger partial charge in [0.15, 0.2) is 19.1 Å². The van der Waals surface area contributed by atoms with E-state index in [1.54, 1.807) is 10.9 Å². The van der Waals surface area contributed by atoms with Crippen molar-refractivity contribution in [1.29, 1.82) is 0 Å². The third-order valence-electron chi connectivity index (χ3n) is 6.93. The van der Waals surface area contributed by atoms with Gasteiger partial charge >= 0.3 is 0 Å². The summed E-state index contributed by atoms with van der Waals surface area (Å²) < 4.78 is 48.1. The highest BCUT2D eigenvalue weighted by Gasteiger charge is 2.38. The number of aromatic nitrogens is 2. The van der Waals surface area contributed by atoms with Crippen LogP contribution in [0.3, 0.4) is 0 Å². The minimum atomic E-state index is -3.91. The lowest BCUT2D eigenvalue weighted by Gasteiger charge is -2.38. The van der Waals surface area contributed by atoms with Crippen LogP contribution in [0.1, 0.15) is 83.9 Å². The van der Waals surface area contributed by atoms with Crippen LogP contribution < -0.4 is 0 Å². The van der Waals surface area contributed by atoms with Gasteiger partial charge in [0.25, 0.3) is 0 Å². The summed E-state index contributed by atoms with van der Waals surface area (Å²) >= 11 is 0. The van der Waals surface area contributed by atoms with E-state index in [0.717, 1.165) is 16.7 Å². The summed E-state index contributed by atoms with van der Waals surface area (Å²) in [6, 6.07) is 4.32. The topological polar surface area (TPSA) is 78.3 Å². The Hall–Kier alpha value is -1.84. The molecule has 6 nitrogen and oxygen atoms in total. The number of halogens is 1. The quantitative estimate of drug-likeness (QED) is 0.315. The van der Waals surface area contributed by atoms with Crippen molar-refractivity contribution < 1.29 is 22.0 Å². The van der Waals surface area contributed by atoms with Crippen molar-refractivity contribution in [1.82, 2.24) is 9.78 Å². The maximum absolute atomic E-state index is 14.2. The highest BCUT2D eigenvalue weighted by Crippen LogP contribution is 2.37. The number of benzene rings is 1. The van der Waals surface area contributed by atoms with Gasteiger partial charge in [-0.05, 0) is 71.8 Å². The smallest absolute Gasteiger partial charge is 0.204 e. The van der Waals surface area contributed by atoms with Gasteiger partial charge in [0.05, 0.1) is 12.6 Å². The van der Waals surface area contributed by atoms with Crippen molar-refractivity contribution in [3.8, 4) is 0 Å². The number of sulfone groups is 1. The first-order chi connectivity index (χ1) is 16.3. The van der Waals surface area contributed by atoms with Gasteiger partial charge in [-0.2, -0.15) is 5.10 Å². The molecule has 0 N–H and O–H groups in total. The molecule has 0 radical (unpaired) electrons. The van der Waals surface area contributed by atoms with Gasteiger partial charge in [-0.25, -0.2) is 12.8 Å². The van der Waals surface area contributed by atoms with E-state index < -0.39 is 29.7 Å². The molecule has 0 saturated heterocycles. The van der Waals surface area contributed by atoms with Gasteiger partial charge in [-0.1, -0.05) is 48.5 Å². The van der Waals surface area contributed by atoms with E-state index in [9.17, 15) is 17.6 Å². The number of nitrogens with zero attached hydrogens (tertiary/aromatic N) is 2. The fraction of sp³-hybridized carbons (Fsp3) is 0.630. The zero-order valence-corrected chi connectivity index (χ0v) is 25.3. The lowest BCUT2D eigenvalue weighted by molar-refractivity contribution is -0.116. The minimum absolute atomic E-state index is 0.00355. The second-order valence-electron chi connectivity index (χ2n) is 11.9. The number of ketones is 1. The molecular formula is C27H43FN2O4SSi. The standard InChI is InChI=1S/C27H43FN2O4SSi/c1-18(2)23-13-21(28)14-24(19(3)4)25(23)15-22(31)17-35(32,33)26-11-12-30(29-26)16-20(5)34-36(9,10)27(6,7)8/h11-14,18-20H,15-17H2,1-10H3/t20-/m1/s1. The Balaban J connectivity index is 2.17. The van der Waals surface area contributed by atoms with Gasteiger partial charge in [-0.3, -0.25) is 9.48 Å². The molecular weight excluding hydrogens is 495 g/mol. The molecule has 0 amide bonds. The van der Waals surface area contributed by atoms with Crippen molar-refractivity contribution in [2.45, 2.75) is 109 Å². The Morgan fingerprint density at radius 2 is 1.61 bits per heavy atom. The highest BCUT2D eigenvalue weighted by atomic mass is 32.2. The lowest BCUT2D eigenvalue weighted by atomic mass is 9.86. The molecule has 0 saturated carbocycles. The molecule has 1 atom stereocenters. The molecule has 1 aromatic heterocycles. The Kier molecular flexibility index (Phi) is 9.51. The predicted molar refractivity (Wildman–Crippen MR) is 145 cm³/mol. The molecule has 0 aliphatic rings. The van der Waals surface area contributed by atoms with Crippen LogP contribution in [0.5, 0.6) is 0 Å². The minimum Gasteiger partial charge on any atom is -0.412 e. The van der Waals surface area contributed by atoms with Crippen molar-refractivity contribution >= 4 is 23.9 Å². The molecule has 0 aliphatic heterocycles. The summed E-state index contributed by atoms with van der Waals surface area (Å²) in [4.78, 5) is 12.9. The number of carbonyl (C=O) groups excluding carboxylic acids is 1. The average molecular weight is 539 g/mol. The third-order valence-corrected chi connectivity index (χ3v) is 13.1. The van der Waals surface area contributed by atoms with Gasteiger partial charge in [0.1, 0.15) is 11.6 Å². The fourth-order valence-electron chi connectivity index (χ4n) is 4.04. The molecule has 0 fully saturated rings. The number of carbonyl (C=O) groups is 1. The van der Waals surface area contributed by atoms with Gasteiger partial charge in [0, 0.05) is 12.6 Å². The predicted octanol–water partition coefficient (Wildman–Crippen LogP) is 6.26. The van der Waals surface area contributed by atoms with E-state index in [0.29, 0.717) is 6.54 Å². The molecule has 0 bridgehead atoms. The number of hydrogen-bond acceptors (Lipinski definition) is 5. The first-order valence-electron chi connectivity index (χ1n) is 12.6. The van der Waals surface area contributed by atoms with Gasteiger partial charge < -0.3 is 4.43 Å². The van der Waals surface area contributed by atoms with Crippen LogP contribution in [0.25, 0.3) is 0 Å². The molecule has 0 spiro atoms. The fourth-order valence-corrected chi connectivity index (χ4v) is 6.64. The van der Waals surface area contributed by atoms with Crippen molar-refractivity contribution in [3.63, 3.8) is 0 Å². The van der Waals surface area contributed by atoms with E-state index in [2.05, 4.69) is 39.0 Å². The average Bonchev–Trinajstić information content (AvgIpc) is 3.16. The number of rotatable bonds is 11. The molecule has 0 aliphatic carbocycles. The molecule has 0 unspecified atom stereocenters. The van der Waals surface area contributed by atoms with E-state index in [1.165, 1.54) is 18.2 Å². The summed E-state index contributed by atoms with van der Waals surface area (Å²) in [5.41, 5.74) is 2.21. The summed E-state index contributed by atoms with van der Waals surface area (Å²) in [5.74, 6) is -1.42. The Morgan fingerprint density at radius 3 is 2.08 bits per heavy atom. The Morgan fingerprint density at radius 1 is 1.08 bits per heavy atom. The van der Waals surface area contributed by atoms with E-state index in [1.807, 2.05) is 34.6 Å². The van der Waals surface area contributed by atoms with E-state index in [4.69, 9.17) is 4.43 Å². The molecule has 202 valence electrons. The largest absolute Gasteiger partial charge is 0.412 e. The second kappa shape index (κ2) is 11.3. The summed E-state index contributed by atoms with van der Waals surface area (Å²) in [6.07, 6.45) is 1.42. The first-order valence-corrected chi connectivity index (χ1v) is 17.2. The SMILES string of the molecule is CC(C)c1cc(F)cc(C(C)C)c1CC(=O)CS(=O)(=O)c1ccn(C[C@@H](C)O[Si](C)(C)C(C)(C)C)n1. The van der Waals surface area contributed by atoms with Crippen LogP contribution in [0, 0.1) is 5.82 Å². The van der Waals surface area contributed by atoms with E-state index in [-0.39, 0.29) is 40.2 Å². The number of Topliss-reactive ketones (excluding diaryl/α,β-unsaturated/α-hetero) is 1. The summed E-state index contributed by atoms with van der Waals surface area (Å²) in [5, 5.41) is 4.18. The molecule has 2 aromatic rings. The van der Waals surface area contributed by atoms with Crippen molar-refractivity contribution in [3.05, 3.63) is 46.9 Å². The van der Waals surface area contributed by atoms with Crippen LogP contribution in [0.15, 0.2) is 29.4 Å². The molecule has 9 heteroatoms. The maximum Gasteiger partial charge on any atom is 0.204 e. The first kappa shape index (κ1) is 30.4. The Labute approximate surface area is 217 Å². The molecule has 1 aromatic carbocycles. The zero-order valence-electron chi connectivity index (χ0n) is 23.5. The van der Waals surface area contributed by atoms with Crippen molar-refractivity contribution in [2.75, 3.05) is 5.75 Å². The summed E-state index contributed by atoms with van der Waals surface area (Å²) in [7, 11) is -5.88. The van der Waals surface area contributed by atoms with Crippen LogP contribution >= 0.6 is 0 Å². The van der Waals surface area contributed by atoms with Gasteiger partial charge in [0.2, 0.25) is 9.84 Å². The maximum atomic E-state index is 14.2. The summed E-state index contributed by atoms with van der Waals surface area (Å²) in [6.45, 7) is 21.0. The molecule has 2 rings (SSSR count). The van der Waals surface area contributed by atoms with E-state index >= 15 is 0 Å². The zero-order chi connectivity index (χ0) is 27.6. The van der Waals surface area contributed by atoms with Crippen LogP contribution in [-0.2, 0) is 32.0 Å². The monoisotopic (exact) mass is 538 g/mol.